The van der Waals surface area contributed by atoms with E-state index in [1.165, 1.54) is 197 Å². The number of nitrogens with zero attached hydrogens (tertiary/aromatic N) is 1. The van der Waals surface area contributed by atoms with Crippen LogP contribution in [0.1, 0.15) is 183 Å². The minimum absolute atomic E-state index is 0.855. The largest absolute Gasteiger partial charge is 0.496 e. The molecule has 412 valence electrons. The Hall–Kier alpha value is -2.63. The summed E-state index contributed by atoms with van der Waals surface area (Å²) in [5.74, 6) is 1.00. The van der Waals surface area contributed by atoms with E-state index in [2.05, 4.69) is 194 Å². The van der Waals surface area contributed by atoms with Crippen LogP contribution in [0.3, 0.4) is 0 Å². The molecule has 0 saturated carbocycles. The molecule has 0 radical (unpaired) electrons. The van der Waals surface area contributed by atoms with Crippen LogP contribution in [0.5, 0.6) is 5.75 Å². The summed E-state index contributed by atoms with van der Waals surface area (Å²) in [6, 6.07) is 65.2. The smallest absolute Gasteiger partial charge is 0.128 e. The van der Waals surface area contributed by atoms with Gasteiger partial charge in [0.1, 0.15) is 5.75 Å². The second-order valence-corrected chi connectivity index (χ2v) is 41.2. The Kier molecular flexibility index (Phi) is 29.0. The first kappa shape index (κ1) is 63.2. The number of rotatable bonds is 39. The summed E-state index contributed by atoms with van der Waals surface area (Å²) in [7, 11) is -5.35. The average Bonchev–Trinajstić information content (AvgIpc) is 3.46. The predicted octanol–water partition coefficient (Wildman–Crippen LogP) is 18.8. The monoisotopic (exact) mass is 1100 g/mol. The van der Waals surface area contributed by atoms with Gasteiger partial charge in [0, 0.05) is 28.0 Å². The van der Waals surface area contributed by atoms with Crippen molar-refractivity contribution in [2.24, 2.45) is 0 Å². The summed E-state index contributed by atoms with van der Waals surface area (Å²) in [4.78, 5) is 0. The number of ether oxygens (including phenoxy) is 1. The average molecular weight is 1100 g/mol. The lowest BCUT2D eigenvalue weighted by molar-refractivity contribution is 0.418. The van der Waals surface area contributed by atoms with Crippen LogP contribution in [-0.2, 0) is 6.54 Å². The van der Waals surface area contributed by atoms with E-state index in [1.807, 2.05) is 7.11 Å². The van der Waals surface area contributed by atoms with Crippen molar-refractivity contribution in [1.82, 2.24) is 4.44 Å². The highest BCUT2D eigenvalue weighted by molar-refractivity contribution is 7.84. The molecule has 1 atom stereocenters. The first-order valence-corrected chi connectivity index (χ1v) is 41.5. The van der Waals surface area contributed by atoms with Crippen LogP contribution in [0.15, 0.2) is 127 Å². The van der Waals surface area contributed by atoms with Gasteiger partial charge < -0.3 is 4.74 Å². The lowest BCUT2D eigenvalue weighted by Gasteiger charge is -2.40. The molecule has 0 aliphatic rings. The maximum absolute atomic E-state index is 6.46. The van der Waals surface area contributed by atoms with Gasteiger partial charge in [0.15, 0.2) is 0 Å². The molecular weight excluding hydrogens is 993 g/mol. The SMILES string of the molecule is CCCC[Si](CCCC)(CCCC)c1ccc(P(c2ccc([Si](CCCC)(CCCC)CCCC)cc2)N(Cc2ccccc2)P(c2ccc([Si](CCCC)(CCCC)CCCC)cc2)c2ccccc2OC)cc1. The van der Waals surface area contributed by atoms with E-state index in [0.29, 0.717) is 0 Å². The number of hydrogen-bond acceptors (Lipinski definition) is 2. The molecule has 1 unspecified atom stereocenters. The fourth-order valence-corrected chi connectivity index (χ4v) is 35.3. The van der Waals surface area contributed by atoms with Crippen LogP contribution in [-0.4, -0.2) is 35.8 Å². The second kappa shape index (κ2) is 34.4. The van der Waals surface area contributed by atoms with E-state index in [-0.39, 0.29) is 0 Å². The van der Waals surface area contributed by atoms with Crippen molar-refractivity contribution in [3.63, 3.8) is 0 Å². The minimum Gasteiger partial charge on any atom is -0.496 e. The molecule has 75 heavy (non-hydrogen) atoms. The van der Waals surface area contributed by atoms with E-state index < -0.39 is 40.4 Å². The highest BCUT2D eigenvalue weighted by atomic mass is 31.2. The summed E-state index contributed by atoms with van der Waals surface area (Å²) < 4.78 is 9.47. The van der Waals surface area contributed by atoms with Crippen molar-refractivity contribution in [1.29, 1.82) is 0 Å². The zero-order valence-corrected chi connectivity index (χ0v) is 54.5. The Labute approximate surface area is 468 Å². The summed E-state index contributed by atoms with van der Waals surface area (Å²) in [6.45, 7) is 22.5. The molecule has 7 heteroatoms. The first-order chi connectivity index (χ1) is 36.7. The fourth-order valence-electron chi connectivity index (χ4n) is 12.5. The van der Waals surface area contributed by atoms with Crippen molar-refractivity contribution >= 4 is 77.1 Å². The first-order valence-electron chi connectivity index (χ1n) is 31.1. The minimum atomic E-state index is -1.72. The fraction of sp³-hybridized carbons (Fsp3) is 0.559. The van der Waals surface area contributed by atoms with Gasteiger partial charge in [-0.25, -0.2) is 4.44 Å². The molecule has 0 spiro atoms. The van der Waals surface area contributed by atoms with Gasteiger partial charge in [-0.3, -0.25) is 0 Å². The quantitative estimate of drug-likeness (QED) is 0.0287. The third-order valence-electron chi connectivity index (χ3n) is 17.2. The van der Waals surface area contributed by atoms with E-state index in [4.69, 9.17) is 4.74 Å². The standard InChI is InChI=1S/C68H107NOP2Si3/c1-11-20-50-73(51-21-12-2,52-22-13-3)64-44-38-61(39-45-64)71(62-40-46-65(47-41-62)74(53-23-14-4,54-24-15-5)55-25-16-6)69(59-60-34-30-29-31-35-60)72(68-37-33-32-36-67(68)70-10)63-42-48-66(49-43-63)75(56-26-17-7,57-27-18-8)58-28-19-9/h29-49H,11-28,50-59H2,1-10H3. The molecule has 0 N–H and O–H groups in total. The molecule has 0 fully saturated rings. The summed E-state index contributed by atoms with van der Waals surface area (Å²) in [5.41, 5.74) is 1.37. The van der Waals surface area contributed by atoms with Crippen molar-refractivity contribution < 1.29 is 4.74 Å². The third-order valence-corrected chi connectivity index (χ3v) is 39.1. The molecule has 5 aromatic rings. The molecule has 0 aliphatic heterocycles. The second-order valence-electron chi connectivity index (χ2n) is 22.7. The normalized spacial score (nSPS) is 12.7. The molecule has 0 aliphatic carbocycles. The lowest BCUT2D eigenvalue weighted by atomic mass is 10.2. The van der Waals surface area contributed by atoms with Gasteiger partial charge in [-0.15, -0.1) is 0 Å². The van der Waals surface area contributed by atoms with Crippen LogP contribution >= 0.6 is 16.1 Å². The maximum Gasteiger partial charge on any atom is 0.128 e. The molecule has 0 heterocycles. The Balaban J connectivity index is 1.85. The van der Waals surface area contributed by atoms with Gasteiger partial charge in [0.05, 0.1) is 31.3 Å². The lowest BCUT2D eigenvalue weighted by Crippen LogP contribution is -2.48. The van der Waals surface area contributed by atoms with Crippen LogP contribution in [0.25, 0.3) is 0 Å². The van der Waals surface area contributed by atoms with Crippen LogP contribution < -0.4 is 41.5 Å². The van der Waals surface area contributed by atoms with Gasteiger partial charge in [-0.2, -0.15) is 0 Å². The highest BCUT2D eigenvalue weighted by Gasteiger charge is 2.39. The van der Waals surface area contributed by atoms with Crippen LogP contribution in [0.2, 0.25) is 54.4 Å². The molecule has 2 nitrogen and oxygen atoms in total. The van der Waals surface area contributed by atoms with Crippen molar-refractivity contribution in [3.8, 4) is 5.75 Å². The molecular formula is C68H107NOP2Si3. The predicted molar refractivity (Wildman–Crippen MR) is 350 cm³/mol. The molecule has 5 rings (SSSR count). The topological polar surface area (TPSA) is 12.5 Å². The summed E-state index contributed by atoms with van der Waals surface area (Å²) >= 11 is 0. The Morgan fingerprint density at radius 2 is 0.613 bits per heavy atom. The number of methoxy groups -OCH3 is 1. The Morgan fingerprint density at radius 1 is 0.333 bits per heavy atom. The van der Waals surface area contributed by atoms with Gasteiger partial charge in [-0.1, -0.05) is 363 Å². The summed E-state index contributed by atoms with van der Waals surface area (Å²) in [6.07, 6.45) is 23.7. The van der Waals surface area contributed by atoms with Crippen LogP contribution in [0, 0.1) is 0 Å². The number of unbranched alkanes of at least 4 members (excludes halogenated alkanes) is 9. The van der Waals surface area contributed by atoms with Gasteiger partial charge in [0.25, 0.3) is 0 Å². The van der Waals surface area contributed by atoms with Gasteiger partial charge >= 0.3 is 0 Å². The third kappa shape index (κ3) is 17.7. The van der Waals surface area contributed by atoms with E-state index in [1.54, 1.807) is 15.6 Å². The number of para-hydroxylation sites is 1. The number of benzene rings is 5. The molecule has 0 amide bonds. The number of hydrogen-bond donors (Lipinski definition) is 0. The van der Waals surface area contributed by atoms with Crippen LogP contribution in [0.4, 0.5) is 0 Å². The molecule has 0 aromatic heterocycles. The zero-order chi connectivity index (χ0) is 53.8. The maximum atomic E-state index is 6.46. The summed E-state index contributed by atoms with van der Waals surface area (Å²) in [5, 5.41) is 10.8. The highest BCUT2D eigenvalue weighted by Crippen LogP contribution is 2.56. The van der Waals surface area contributed by atoms with Crippen molar-refractivity contribution in [3.05, 3.63) is 133 Å². The van der Waals surface area contributed by atoms with E-state index >= 15 is 0 Å². The van der Waals surface area contributed by atoms with E-state index in [9.17, 15) is 0 Å². The van der Waals surface area contributed by atoms with Gasteiger partial charge in [-0.05, 0) is 33.6 Å². The van der Waals surface area contributed by atoms with Crippen molar-refractivity contribution in [2.75, 3.05) is 7.11 Å². The molecule has 5 aromatic carbocycles. The molecule has 0 saturated heterocycles. The van der Waals surface area contributed by atoms with E-state index in [0.717, 1.165) is 12.3 Å². The van der Waals surface area contributed by atoms with Gasteiger partial charge in [0.2, 0.25) is 0 Å². The van der Waals surface area contributed by atoms with Crippen molar-refractivity contribution in [2.45, 2.75) is 239 Å². The Morgan fingerprint density at radius 3 is 0.907 bits per heavy atom. The molecule has 0 bridgehead atoms. The Bertz CT molecular complexity index is 2130. The zero-order valence-electron chi connectivity index (χ0n) is 49.7.